The number of benzene rings is 1. The zero-order chi connectivity index (χ0) is 17.2. The molecular formula is C20H18ClN2O. The first-order chi connectivity index (χ1) is 11.5. The third-order valence-electron chi connectivity index (χ3n) is 4.08. The van der Waals surface area contributed by atoms with Gasteiger partial charge in [0.1, 0.15) is 5.60 Å². The summed E-state index contributed by atoms with van der Waals surface area (Å²) in [7, 11) is 1.69. The number of methoxy groups -OCH3 is 1. The van der Waals surface area contributed by atoms with E-state index in [0.717, 1.165) is 27.9 Å². The first-order valence-corrected chi connectivity index (χ1v) is 8.02. The smallest absolute Gasteiger partial charge is 0.104 e. The normalized spacial score (nSPS) is 11.5. The van der Waals surface area contributed by atoms with E-state index in [2.05, 4.69) is 22.1 Å². The van der Waals surface area contributed by atoms with Gasteiger partial charge in [0.25, 0.3) is 0 Å². The second-order valence-electron chi connectivity index (χ2n) is 6.01. The van der Waals surface area contributed by atoms with Gasteiger partial charge < -0.3 is 4.74 Å². The highest BCUT2D eigenvalue weighted by Crippen LogP contribution is 2.31. The molecule has 1 radical (unpaired) electrons. The van der Waals surface area contributed by atoms with Gasteiger partial charge in [-0.25, -0.2) is 0 Å². The molecule has 2 aromatic heterocycles. The van der Waals surface area contributed by atoms with Crippen LogP contribution in [-0.2, 0) is 10.3 Å². The van der Waals surface area contributed by atoms with E-state index in [0.29, 0.717) is 5.02 Å². The molecule has 0 fully saturated rings. The summed E-state index contributed by atoms with van der Waals surface area (Å²) in [6, 6.07) is 14.6. The summed E-state index contributed by atoms with van der Waals surface area (Å²) >= 11 is 6.28. The fourth-order valence-corrected chi connectivity index (χ4v) is 2.67. The van der Waals surface area contributed by atoms with Gasteiger partial charge in [-0.3, -0.25) is 9.97 Å². The first kappa shape index (κ1) is 16.6. The molecule has 4 heteroatoms. The van der Waals surface area contributed by atoms with Crippen LogP contribution in [0.1, 0.15) is 19.5 Å². The molecule has 0 amide bonds. The van der Waals surface area contributed by atoms with E-state index < -0.39 is 5.60 Å². The number of aromatic nitrogens is 2. The fraction of sp³-hybridized carbons (Fsp3) is 0.200. The Morgan fingerprint density at radius 3 is 2.62 bits per heavy atom. The molecule has 0 bridgehead atoms. The van der Waals surface area contributed by atoms with Gasteiger partial charge in [-0.1, -0.05) is 23.7 Å². The molecular weight excluding hydrogens is 320 g/mol. The fourth-order valence-electron chi connectivity index (χ4n) is 2.43. The summed E-state index contributed by atoms with van der Waals surface area (Å²) in [5.41, 5.74) is 4.39. The Bertz CT molecular complexity index is 862. The van der Waals surface area contributed by atoms with Crippen molar-refractivity contribution in [2.45, 2.75) is 19.4 Å². The van der Waals surface area contributed by atoms with Crippen LogP contribution in [0.25, 0.3) is 22.3 Å². The topological polar surface area (TPSA) is 35.0 Å². The van der Waals surface area contributed by atoms with Gasteiger partial charge in [-0.05, 0) is 49.7 Å². The number of pyridine rings is 2. The summed E-state index contributed by atoms with van der Waals surface area (Å²) in [4.78, 5) is 8.80. The van der Waals surface area contributed by atoms with E-state index in [1.165, 1.54) is 0 Å². The monoisotopic (exact) mass is 337 g/mol. The van der Waals surface area contributed by atoms with Crippen molar-refractivity contribution in [1.29, 1.82) is 0 Å². The van der Waals surface area contributed by atoms with Gasteiger partial charge in [0.05, 0.1) is 5.69 Å². The molecule has 0 saturated carbocycles. The number of halogens is 1. The maximum absolute atomic E-state index is 6.28. The predicted octanol–water partition coefficient (Wildman–Crippen LogP) is 5.15. The lowest BCUT2D eigenvalue weighted by atomic mass is 9.98. The van der Waals surface area contributed by atoms with Crippen molar-refractivity contribution in [3.8, 4) is 22.3 Å². The summed E-state index contributed by atoms with van der Waals surface area (Å²) in [6.45, 7) is 3.99. The second-order valence-corrected chi connectivity index (χ2v) is 6.42. The Labute approximate surface area is 147 Å². The first-order valence-electron chi connectivity index (χ1n) is 7.64. The minimum Gasteiger partial charge on any atom is -0.373 e. The van der Waals surface area contributed by atoms with Crippen LogP contribution in [0.15, 0.2) is 55.0 Å². The standard InChI is InChI=1S/C20H18ClN2O/c1-20(2,24-3)19-11-14(8-9-23-19)15-10-16(13-22-12-15)17-6-4-5-7-18(17)21/h4,6-13H,1-3H3. The Balaban J connectivity index is 2.04. The van der Waals surface area contributed by atoms with Crippen molar-refractivity contribution in [2.24, 2.45) is 0 Å². The van der Waals surface area contributed by atoms with Gasteiger partial charge in [0, 0.05) is 47.4 Å². The van der Waals surface area contributed by atoms with Crippen molar-refractivity contribution >= 4 is 11.6 Å². The lowest BCUT2D eigenvalue weighted by Gasteiger charge is -2.22. The predicted molar refractivity (Wildman–Crippen MR) is 96.8 cm³/mol. The van der Waals surface area contributed by atoms with E-state index in [1.54, 1.807) is 19.4 Å². The molecule has 0 aliphatic rings. The van der Waals surface area contributed by atoms with E-state index in [1.807, 2.05) is 50.5 Å². The van der Waals surface area contributed by atoms with Crippen molar-refractivity contribution in [2.75, 3.05) is 7.11 Å². The summed E-state index contributed by atoms with van der Waals surface area (Å²) in [5, 5.41) is 0.660. The number of nitrogens with zero attached hydrogens (tertiary/aromatic N) is 2. The van der Waals surface area contributed by atoms with Crippen molar-refractivity contribution in [3.63, 3.8) is 0 Å². The number of ether oxygens (including phenoxy) is 1. The Kier molecular flexibility index (Phi) is 4.65. The van der Waals surface area contributed by atoms with Gasteiger partial charge in [-0.15, -0.1) is 0 Å². The van der Waals surface area contributed by atoms with E-state index in [9.17, 15) is 0 Å². The molecule has 0 aliphatic heterocycles. The third kappa shape index (κ3) is 3.32. The Morgan fingerprint density at radius 2 is 1.88 bits per heavy atom. The summed E-state index contributed by atoms with van der Waals surface area (Å²) < 4.78 is 5.52. The van der Waals surface area contributed by atoms with Crippen LogP contribution >= 0.6 is 11.6 Å². The number of hydrogen-bond donors (Lipinski definition) is 0. The van der Waals surface area contributed by atoms with Gasteiger partial charge >= 0.3 is 0 Å². The number of rotatable bonds is 4. The van der Waals surface area contributed by atoms with Crippen molar-refractivity contribution < 1.29 is 4.74 Å². The highest BCUT2D eigenvalue weighted by Gasteiger charge is 2.21. The average molecular weight is 338 g/mol. The van der Waals surface area contributed by atoms with Crippen LogP contribution in [0.2, 0.25) is 5.02 Å². The Hall–Kier alpha value is -2.23. The molecule has 0 N–H and O–H groups in total. The molecule has 3 nitrogen and oxygen atoms in total. The zero-order valence-corrected chi connectivity index (χ0v) is 14.6. The summed E-state index contributed by atoms with van der Waals surface area (Å²) in [5.74, 6) is 0. The molecule has 0 atom stereocenters. The largest absolute Gasteiger partial charge is 0.373 e. The molecule has 121 valence electrons. The average Bonchev–Trinajstić information content (AvgIpc) is 2.62. The van der Waals surface area contributed by atoms with Crippen LogP contribution in [0.5, 0.6) is 0 Å². The SMILES string of the molecule is COC(C)(C)c1cc(-c2cncc(-c3cc[c]cc3Cl)c2)ccn1. The Morgan fingerprint density at radius 1 is 1.08 bits per heavy atom. The highest BCUT2D eigenvalue weighted by atomic mass is 35.5. The summed E-state index contributed by atoms with van der Waals surface area (Å²) in [6.07, 6.45) is 5.44. The maximum atomic E-state index is 6.28. The van der Waals surface area contributed by atoms with Crippen LogP contribution < -0.4 is 0 Å². The van der Waals surface area contributed by atoms with Crippen LogP contribution in [0.4, 0.5) is 0 Å². The van der Waals surface area contributed by atoms with Crippen molar-refractivity contribution in [1.82, 2.24) is 9.97 Å². The van der Waals surface area contributed by atoms with Crippen LogP contribution in [0.3, 0.4) is 0 Å². The molecule has 24 heavy (non-hydrogen) atoms. The molecule has 1 aromatic carbocycles. The minimum atomic E-state index is -0.445. The molecule has 3 aromatic rings. The van der Waals surface area contributed by atoms with Crippen molar-refractivity contribution in [3.05, 3.63) is 71.8 Å². The molecule has 2 heterocycles. The highest BCUT2D eigenvalue weighted by molar-refractivity contribution is 6.33. The lowest BCUT2D eigenvalue weighted by Crippen LogP contribution is -2.20. The quantitative estimate of drug-likeness (QED) is 0.660. The van der Waals surface area contributed by atoms with Crippen LogP contribution in [0, 0.1) is 6.07 Å². The molecule has 0 saturated heterocycles. The molecule has 0 unspecified atom stereocenters. The van der Waals surface area contributed by atoms with E-state index >= 15 is 0 Å². The molecule has 0 aliphatic carbocycles. The van der Waals surface area contributed by atoms with Crippen LogP contribution in [-0.4, -0.2) is 17.1 Å². The third-order valence-corrected chi connectivity index (χ3v) is 4.40. The minimum absolute atomic E-state index is 0.445. The zero-order valence-electron chi connectivity index (χ0n) is 13.9. The van der Waals surface area contributed by atoms with Gasteiger partial charge in [0.15, 0.2) is 0 Å². The molecule has 3 rings (SSSR count). The van der Waals surface area contributed by atoms with Gasteiger partial charge in [-0.2, -0.15) is 0 Å². The maximum Gasteiger partial charge on any atom is 0.104 e. The second kappa shape index (κ2) is 6.71. The van der Waals surface area contributed by atoms with Gasteiger partial charge in [0.2, 0.25) is 0 Å². The molecule has 0 spiro atoms. The van der Waals surface area contributed by atoms with E-state index in [-0.39, 0.29) is 0 Å². The lowest BCUT2D eigenvalue weighted by molar-refractivity contribution is 0.0155. The van der Waals surface area contributed by atoms with E-state index in [4.69, 9.17) is 16.3 Å². The number of hydrogen-bond acceptors (Lipinski definition) is 3.